The van der Waals surface area contributed by atoms with E-state index in [1.807, 2.05) is 0 Å². The third-order valence-electron chi connectivity index (χ3n) is 3.01. The van der Waals surface area contributed by atoms with Gasteiger partial charge in [0.25, 0.3) is 5.56 Å². The molecule has 11 heteroatoms. The van der Waals surface area contributed by atoms with E-state index in [2.05, 4.69) is 10.1 Å². The van der Waals surface area contributed by atoms with Crippen molar-refractivity contribution in [2.75, 3.05) is 0 Å². The summed E-state index contributed by atoms with van der Waals surface area (Å²) in [7, 11) is 0. The number of hydrogen-bond acceptors (Lipinski definition) is 4. The van der Waals surface area contributed by atoms with Gasteiger partial charge in [-0.05, 0) is 6.92 Å². The number of nitrogens with zero attached hydrogens (tertiary/aromatic N) is 4. The molecule has 3 aromatic heterocycles. The van der Waals surface area contributed by atoms with E-state index < -0.39 is 17.4 Å². The highest BCUT2D eigenvalue weighted by Gasteiger charge is 2.34. The van der Waals surface area contributed by atoms with Gasteiger partial charge in [0, 0.05) is 17.0 Å². The lowest BCUT2D eigenvalue weighted by molar-refractivity contribution is -0.141. The lowest BCUT2D eigenvalue weighted by Gasteiger charge is -2.04. The summed E-state index contributed by atoms with van der Waals surface area (Å²) in [6.45, 7) is 1.58. The predicted octanol–water partition coefficient (Wildman–Crippen LogP) is 3.63. The van der Waals surface area contributed by atoms with Crippen molar-refractivity contribution in [1.82, 2.24) is 19.2 Å². The van der Waals surface area contributed by atoms with Crippen molar-refractivity contribution in [3.8, 4) is 0 Å². The molecule has 23 heavy (non-hydrogen) atoms. The van der Waals surface area contributed by atoms with Gasteiger partial charge in [-0.1, -0.05) is 34.5 Å². The molecule has 3 heterocycles. The number of fused-ring (bicyclic) bond motifs is 1. The Bertz CT molecular complexity index is 960. The van der Waals surface area contributed by atoms with Crippen LogP contribution in [-0.2, 0) is 12.7 Å². The summed E-state index contributed by atoms with van der Waals surface area (Å²) in [6, 6.07) is 1.91. The van der Waals surface area contributed by atoms with Crippen molar-refractivity contribution in [2.45, 2.75) is 19.6 Å². The van der Waals surface area contributed by atoms with Crippen LogP contribution in [0.3, 0.4) is 0 Å². The smallest absolute Gasteiger partial charge is 0.269 e. The average molecular weight is 383 g/mol. The zero-order valence-electron chi connectivity index (χ0n) is 11.4. The molecule has 0 saturated heterocycles. The summed E-state index contributed by atoms with van der Waals surface area (Å²) >= 11 is 13.0. The van der Waals surface area contributed by atoms with Crippen LogP contribution in [0.1, 0.15) is 16.3 Å². The van der Waals surface area contributed by atoms with Crippen molar-refractivity contribution >= 4 is 39.5 Å². The average Bonchev–Trinajstić information content (AvgIpc) is 2.92. The lowest BCUT2D eigenvalue weighted by Crippen LogP contribution is -2.16. The number of hydrogen-bond donors (Lipinski definition) is 0. The molecule has 0 bridgehead atoms. The minimum Gasteiger partial charge on any atom is -0.269 e. The highest BCUT2D eigenvalue weighted by atomic mass is 35.5. The first-order valence-electron chi connectivity index (χ1n) is 6.15. The highest BCUT2D eigenvalue weighted by Crippen LogP contribution is 2.30. The van der Waals surface area contributed by atoms with Gasteiger partial charge in [0.2, 0.25) is 0 Å². The third-order valence-corrected chi connectivity index (χ3v) is 4.83. The summed E-state index contributed by atoms with van der Waals surface area (Å²) in [5.41, 5.74) is -1.28. The van der Waals surface area contributed by atoms with E-state index in [0.717, 1.165) is 10.7 Å². The maximum atomic E-state index is 12.6. The Morgan fingerprint density at radius 2 is 2.00 bits per heavy atom. The molecule has 0 aromatic carbocycles. The molecule has 0 fully saturated rings. The normalized spacial score (nSPS) is 12.3. The van der Waals surface area contributed by atoms with E-state index in [9.17, 15) is 18.0 Å². The molecule has 122 valence electrons. The topological polar surface area (TPSA) is 52.2 Å². The van der Waals surface area contributed by atoms with Gasteiger partial charge in [0.15, 0.2) is 10.7 Å². The first-order valence-corrected chi connectivity index (χ1v) is 7.72. The fourth-order valence-electron chi connectivity index (χ4n) is 1.97. The molecule has 0 unspecified atom stereocenters. The Kier molecular flexibility index (Phi) is 3.89. The van der Waals surface area contributed by atoms with Crippen molar-refractivity contribution in [2.24, 2.45) is 0 Å². The fraction of sp³-hybridized carbons (Fsp3) is 0.250. The van der Waals surface area contributed by atoms with Gasteiger partial charge in [0.1, 0.15) is 10.3 Å². The van der Waals surface area contributed by atoms with Crippen molar-refractivity contribution in [3.05, 3.63) is 49.1 Å². The van der Waals surface area contributed by atoms with Gasteiger partial charge in [-0.2, -0.15) is 18.3 Å². The van der Waals surface area contributed by atoms with Crippen LogP contribution in [0.25, 0.3) is 4.96 Å². The Morgan fingerprint density at radius 1 is 1.30 bits per heavy atom. The van der Waals surface area contributed by atoms with Gasteiger partial charge in [0.05, 0.1) is 12.2 Å². The molecule has 0 amide bonds. The summed E-state index contributed by atoms with van der Waals surface area (Å²) in [5.74, 6) is 0. The van der Waals surface area contributed by atoms with Crippen LogP contribution in [0.2, 0.25) is 10.3 Å². The molecule has 0 aliphatic heterocycles. The number of rotatable bonds is 2. The molecule has 0 aliphatic rings. The zero-order valence-corrected chi connectivity index (χ0v) is 13.7. The lowest BCUT2D eigenvalue weighted by atomic mass is 10.4. The van der Waals surface area contributed by atoms with Crippen LogP contribution >= 0.6 is 34.5 Å². The fourth-order valence-corrected chi connectivity index (χ4v) is 3.38. The van der Waals surface area contributed by atoms with Crippen LogP contribution < -0.4 is 5.56 Å². The molecule has 3 rings (SSSR count). The summed E-state index contributed by atoms with van der Waals surface area (Å²) in [5, 5.41) is 3.47. The Morgan fingerprint density at radius 3 is 2.61 bits per heavy atom. The van der Waals surface area contributed by atoms with Crippen molar-refractivity contribution in [1.29, 1.82) is 0 Å². The molecule has 0 N–H and O–H groups in total. The number of aromatic nitrogens is 4. The van der Waals surface area contributed by atoms with Crippen LogP contribution in [-0.4, -0.2) is 19.2 Å². The van der Waals surface area contributed by atoms with E-state index in [-0.39, 0.29) is 22.5 Å². The van der Waals surface area contributed by atoms with Crippen LogP contribution in [0, 0.1) is 6.92 Å². The number of thiazole rings is 1. The largest absolute Gasteiger partial charge is 0.435 e. The van der Waals surface area contributed by atoms with Crippen molar-refractivity contribution in [3.63, 3.8) is 0 Å². The first-order chi connectivity index (χ1) is 10.7. The minimum atomic E-state index is -4.59. The van der Waals surface area contributed by atoms with E-state index in [1.165, 1.54) is 21.8 Å². The molecule has 3 aromatic rings. The molecule has 0 radical (unpaired) electrons. The van der Waals surface area contributed by atoms with Crippen LogP contribution in [0.15, 0.2) is 16.9 Å². The van der Waals surface area contributed by atoms with E-state index in [0.29, 0.717) is 9.84 Å². The molecule has 5 nitrogen and oxygen atoms in total. The second kappa shape index (κ2) is 5.50. The Hall–Kier alpha value is -1.58. The summed E-state index contributed by atoms with van der Waals surface area (Å²) in [4.78, 5) is 17.4. The molecule has 0 spiro atoms. The van der Waals surface area contributed by atoms with Gasteiger partial charge < -0.3 is 0 Å². The first kappa shape index (κ1) is 16.3. The SMILES string of the molecule is Cc1sc2nc(Cn3nc(C(F)(F)F)cc3Cl)cc(=O)n2c1Cl. The van der Waals surface area contributed by atoms with Crippen molar-refractivity contribution < 1.29 is 13.2 Å². The van der Waals surface area contributed by atoms with E-state index >= 15 is 0 Å². The minimum absolute atomic E-state index is 0.158. The third kappa shape index (κ3) is 2.96. The summed E-state index contributed by atoms with van der Waals surface area (Å²) in [6.07, 6.45) is -4.59. The molecule has 0 atom stereocenters. The van der Waals surface area contributed by atoms with Gasteiger partial charge in [-0.25, -0.2) is 14.1 Å². The highest BCUT2D eigenvalue weighted by molar-refractivity contribution is 7.17. The van der Waals surface area contributed by atoms with Gasteiger partial charge >= 0.3 is 6.18 Å². The standard InChI is InChI=1S/C12H7Cl2F3N4OS/c1-5-10(14)21-9(22)2-6(18-11(21)23-5)4-20-8(13)3-7(19-20)12(15,16)17/h2-3H,4H2,1H3. The molecular formula is C12H7Cl2F3N4OS. The second-order valence-corrected chi connectivity index (χ2v) is 6.59. The molecular weight excluding hydrogens is 376 g/mol. The van der Waals surface area contributed by atoms with Crippen LogP contribution in [0.5, 0.6) is 0 Å². The summed E-state index contributed by atoms with van der Waals surface area (Å²) < 4.78 is 40.0. The quantitative estimate of drug-likeness (QED) is 0.679. The van der Waals surface area contributed by atoms with E-state index in [1.54, 1.807) is 6.92 Å². The Labute approximate surface area is 140 Å². The maximum Gasteiger partial charge on any atom is 0.435 e. The van der Waals surface area contributed by atoms with Gasteiger partial charge in [-0.3, -0.25) is 4.79 Å². The second-order valence-electron chi connectivity index (χ2n) is 4.66. The molecule has 0 saturated carbocycles. The zero-order chi connectivity index (χ0) is 16.9. The maximum absolute atomic E-state index is 12.6. The van der Waals surface area contributed by atoms with Crippen LogP contribution in [0.4, 0.5) is 13.2 Å². The number of aryl methyl sites for hydroxylation is 1. The Balaban J connectivity index is 2.03. The number of alkyl halides is 3. The predicted molar refractivity (Wildman–Crippen MR) is 80.4 cm³/mol. The molecule has 0 aliphatic carbocycles. The monoisotopic (exact) mass is 382 g/mol. The van der Waals surface area contributed by atoms with E-state index in [4.69, 9.17) is 23.2 Å². The number of halogens is 5. The van der Waals surface area contributed by atoms with Gasteiger partial charge in [-0.15, -0.1) is 0 Å².